The second-order valence-electron chi connectivity index (χ2n) is 9.30. The zero-order valence-corrected chi connectivity index (χ0v) is 21.6. The fourth-order valence-electron chi connectivity index (χ4n) is 4.94. The Balaban J connectivity index is 1.46. The highest BCUT2D eigenvalue weighted by molar-refractivity contribution is 7.17. The number of carbonyl (C=O) groups excluding carboxylic acids is 3. The van der Waals surface area contributed by atoms with Gasteiger partial charge in [0, 0.05) is 30.7 Å². The van der Waals surface area contributed by atoms with E-state index in [-0.39, 0.29) is 49.4 Å². The summed E-state index contributed by atoms with van der Waals surface area (Å²) in [5.41, 5.74) is 3.29. The van der Waals surface area contributed by atoms with E-state index in [0.717, 1.165) is 21.5 Å². The molecule has 0 bridgehead atoms. The van der Waals surface area contributed by atoms with Crippen molar-refractivity contribution in [1.29, 1.82) is 0 Å². The third-order valence-electron chi connectivity index (χ3n) is 6.82. The number of aliphatic hydroxyl groups excluding tert-OH is 1. The minimum absolute atomic E-state index is 0.0177. The smallest absolute Gasteiger partial charge is 0.268 e. The highest BCUT2D eigenvalue weighted by Crippen LogP contribution is 2.28. The van der Waals surface area contributed by atoms with E-state index in [1.165, 1.54) is 0 Å². The van der Waals surface area contributed by atoms with Crippen molar-refractivity contribution in [2.45, 2.75) is 52.1 Å². The molecule has 0 spiro atoms. The average molecular weight is 511 g/mol. The lowest BCUT2D eigenvalue weighted by molar-refractivity contribution is -0.126. The van der Waals surface area contributed by atoms with Gasteiger partial charge >= 0.3 is 0 Å². The molecule has 1 aromatic carbocycles. The van der Waals surface area contributed by atoms with Gasteiger partial charge in [-0.15, -0.1) is 11.3 Å². The lowest BCUT2D eigenvalue weighted by Gasteiger charge is -2.28. The van der Waals surface area contributed by atoms with Gasteiger partial charge in [-0.2, -0.15) is 0 Å². The Morgan fingerprint density at radius 2 is 1.92 bits per heavy atom. The monoisotopic (exact) mass is 510 g/mol. The number of hydrogen-bond acceptors (Lipinski definition) is 5. The molecule has 36 heavy (non-hydrogen) atoms. The minimum atomic E-state index is -0.196. The normalized spacial score (nSPS) is 17.6. The van der Waals surface area contributed by atoms with Crippen LogP contribution in [-0.4, -0.2) is 53.1 Å². The van der Waals surface area contributed by atoms with Crippen molar-refractivity contribution in [2.75, 3.05) is 24.6 Å². The Bertz CT molecular complexity index is 1230. The first-order chi connectivity index (χ1) is 17.4. The predicted octanol–water partition coefficient (Wildman–Crippen LogP) is 3.46. The van der Waals surface area contributed by atoms with Crippen LogP contribution in [-0.2, 0) is 16.1 Å². The summed E-state index contributed by atoms with van der Waals surface area (Å²) < 4.78 is 2.78. The van der Waals surface area contributed by atoms with E-state index in [1.807, 2.05) is 60.2 Å². The second-order valence-corrected chi connectivity index (χ2v) is 10.2. The van der Waals surface area contributed by atoms with Crippen molar-refractivity contribution < 1.29 is 19.5 Å². The molecular weight excluding hydrogens is 476 g/mol. The van der Waals surface area contributed by atoms with Crippen LogP contribution in [0.4, 0.5) is 5.69 Å². The molecular formula is C27H34N4O4S. The van der Waals surface area contributed by atoms with Crippen molar-refractivity contribution >= 4 is 45.0 Å². The Kier molecular flexibility index (Phi) is 8.43. The predicted molar refractivity (Wildman–Crippen MR) is 142 cm³/mol. The number of nitrogens with one attached hydrogen (secondary N) is 2. The first-order valence-electron chi connectivity index (χ1n) is 12.5. The molecule has 1 saturated carbocycles. The highest BCUT2D eigenvalue weighted by Gasteiger charge is 2.28. The molecule has 2 heterocycles. The molecule has 3 amide bonds. The standard InChI is InChI=1S/C27H34N4O4S/c1-3-30(21-6-4-5-18(2)15-21)25(33)17-31-22-11-14-36-24(22)16-23(31)27(35)29-20-9-7-19(8-10-20)26(34)28-12-13-32/h4-6,11,14-16,19-20,32H,3,7-10,12-13,17H2,1-2H3,(H,28,34)(H,29,35). The number of hydrogen-bond donors (Lipinski definition) is 3. The van der Waals surface area contributed by atoms with Gasteiger partial charge in [0.15, 0.2) is 0 Å². The largest absolute Gasteiger partial charge is 0.395 e. The molecule has 3 aromatic rings. The minimum Gasteiger partial charge on any atom is -0.395 e. The maximum atomic E-state index is 13.4. The van der Waals surface area contributed by atoms with Gasteiger partial charge in [-0.05, 0) is 74.7 Å². The third kappa shape index (κ3) is 5.79. The van der Waals surface area contributed by atoms with Crippen molar-refractivity contribution in [1.82, 2.24) is 15.2 Å². The maximum absolute atomic E-state index is 13.4. The van der Waals surface area contributed by atoms with E-state index in [9.17, 15) is 14.4 Å². The van der Waals surface area contributed by atoms with E-state index < -0.39 is 0 Å². The lowest BCUT2D eigenvalue weighted by atomic mass is 9.85. The Morgan fingerprint density at radius 3 is 2.61 bits per heavy atom. The van der Waals surface area contributed by atoms with Crippen LogP contribution in [0.25, 0.3) is 10.2 Å². The van der Waals surface area contributed by atoms with Crippen LogP contribution in [0.3, 0.4) is 0 Å². The SMILES string of the molecule is CCN(C(=O)Cn1c(C(=O)NC2CCC(C(=O)NCCO)CC2)cc2sccc21)c1cccc(C)c1. The zero-order chi connectivity index (χ0) is 25.7. The number of rotatable bonds is 9. The number of thiophene rings is 1. The summed E-state index contributed by atoms with van der Waals surface area (Å²) in [6.07, 6.45) is 2.82. The number of aromatic nitrogens is 1. The fourth-order valence-corrected chi connectivity index (χ4v) is 5.76. The molecule has 3 N–H and O–H groups in total. The first kappa shape index (κ1) is 25.9. The van der Waals surface area contributed by atoms with Crippen molar-refractivity contribution in [2.24, 2.45) is 5.92 Å². The maximum Gasteiger partial charge on any atom is 0.268 e. The summed E-state index contributed by atoms with van der Waals surface area (Å²) in [7, 11) is 0. The number of fused-ring (bicyclic) bond motifs is 1. The molecule has 1 fully saturated rings. The molecule has 0 unspecified atom stereocenters. The molecule has 0 radical (unpaired) electrons. The Labute approximate surface area is 215 Å². The summed E-state index contributed by atoms with van der Waals surface area (Å²) in [6.45, 7) is 4.75. The van der Waals surface area contributed by atoms with Crippen molar-refractivity contribution in [3.05, 3.63) is 53.0 Å². The number of likely N-dealkylation sites (N-methyl/N-ethyl adjacent to an activating group) is 1. The summed E-state index contributed by atoms with van der Waals surface area (Å²) in [6, 6.07) is 11.7. The van der Waals surface area contributed by atoms with Crippen molar-refractivity contribution in [3.63, 3.8) is 0 Å². The molecule has 8 nitrogen and oxygen atoms in total. The lowest BCUT2D eigenvalue weighted by Crippen LogP contribution is -2.42. The molecule has 1 aliphatic carbocycles. The summed E-state index contributed by atoms with van der Waals surface area (Å²) in [5.74, 6) is -0.387. The van der Waals surface area contributed by atoms with Crippen LogP contribution in [0.5, 0.6) is 0 Å². The number of aryl methyl sites for hydroxylation is 1. The number of carbonyl (C=O) groups is 3. The van der Waals surface area contributed by atoms with E-state index in [2.05, 4.69) is 10.6 Å². The van der Waals surface area contributed by atoms with E-state index in [0.29, 0.717) is 37.9 Å². The summed E-state index contributed by atoms with van der Waals surface area (Å²) in [4.78, 5) is 40.6. The van der Waals surface area contributed by atoms with Crippen LogP contribution in [0.15, 0.2) is 41.8 Å². The van der Waals surface area contributed by atoms with E-state index in [1.54, 1.807) is 16.2 Å². The second kappa shape index (κ2) is 11.7. The van der Waals surface area contributed by atoms with Gasteiger partial charge in [0.25, 0.3) is 5.91 Å². The number of anilines is 1. The van der Waals surface area contributed by atoms with Gasteiger partial charge < -0.3 is 25.2 Å². The number of amides is 3. The molecule has 2 aromatic heterocycles. The van der Waals surface area contributed by atoms with Crippen LogP contribution in [0.1, 0.15) is 48.7 Å². The van der Waals surface area contributed by atoms with Crippen LogP contribution < -0.4 is 15.5 Å². The molecule has 192 valence electrons. The van der Waals surface area contributed by atoms with Gasteiger partial charge in [0.05, 0.1) is 16.8 Å². The molecule has 9 heteroatoms. The first-order valence-corrected chi connectivity index (χ1v) is 13.4. The molecule has 0 atom stereocenters. The zero-order valence-electron chi connectivity index (χ0n) is 20.8. The highest BCUT2D eigenvalue weighted by atomic mass is 32.1. The average Bonchev–Trinajstić information content (AvgIpc) is 3.46. The van der Waals surface area contributed by atoms with Gasteiger partial charge in [0.1, 0.15) is 12.2 Å². The third-order valence-corrected chi connectivity index (χ3v) is 7.68. The Hall–Kier alpha value is -3.17. The molecule has 0 saturated heterocycles. The topological polar surface area (TPSA) is 104 Å². The number of aliphatic hydroxyl groups is 1. The van der Waals surface area contributed by atoms with E-state index in [4.69, 9.17) is 5.11 Å². The van der Waals surface area contributed by atoms with Crippen molar-refractivity contribution in [3.8, 4) is 0 Å². The Morgan fingerprint density at radius 1 is 1.14 bits per heavy atom. The van der Waals surface area contributed by atoms with Gasteiger partial charge in [-0.25, -0.2) is 0 Å². The number of nitrogens with zero attached hydrogens (tertiary/aromatic N) is 2. The molecule has 0 aliphatic heterocycles. The fraction of sp³-hybridized carbons (Fsp3) is 0.444. The van der Waals surface area contributed by atoms with Gasteiger partial charge in [-0.3, -0.25) is 14.4 Å². The van der Waals surface area contributed by atoms with Crippen LogP contribution in [0.2, 0.25) is 0 Å². The molecule has 4 rings (SSSR count). The van der Waals surface area contributed by atoms with Crippen LogP contribution >= 0.6 is 11.3 Å². The summed E-state index contributed by atoms with van der Waals surface area (Å²) >= 11 is 1.55. The quantitative estimate of drug-likeness (QED) is 0.410. The molecule has 1 aliphatic rings. The van der Waals surface area contributed by atoms with Gasteiger partial charge in [-0.1, -0.05) is 12.1 Å². The van der Waals surface area contributed by atoms with Gasteiger partial charge in [0.2, 0.25) is 11.8 Å². The number of benzene rings is 1. The van der Waals surface area contributed by atoms with E-state index >= 15 is 0 Å². The van der Waals surface area contributed by atoms with Crippen LogP contribution in [0, 0.1) is 12.8 Å². The summed E-state index contributed by atoms with van der Waals surface area (Å²) in [5, 5.41) is 16.7.